The average molecular weight is 446 g/mol. The molecule has 5 atom stereocenters. The second-order valence-corrected chi connectivity index (χ2v) is 8.43. The highest BCUT2D eigenvalue weighted by molar-refractivity contribution is 6.03. The van der Waals surface area contributed by atoms with E-state index in [0.29, 0.717) is 17.7 Å². The van der Waals surface area contributed by atoms with Crippen molar-refractivity contribution in [3.05, 3.63) is 33.7 Å². The Morgan fingerprint density at radius 3 is 2.53 bits per heavy atom. The third kappa shape index (κ3) is 3.31. The van der Waals surface area contributed by atoms with Crippen LogP contribution in [0.25, 0.3) is 11.0 Å². The lowest BCUT2D eigenvalue weighted by Crippen LogP contribution is -2.59. The molecule has 9 nitrogen and oxygen atoms in total. The molecular weight excluding hydrogens is 420 g/mol. The Balaban J connectivity index is 1.74. The highest BCUT2D eigenvalue weighted by Crippen LogP contribution is 2.43. The van der Waals surface area contributed by atoms with Gasteiger partial charge in [-0.2, -0.15) is 0 Å². The number of hydrogen-bond donors (Lipinski definition) is 1. The summed E-state index contributed by atoms with van der Waals surface area (Å²) >= 11 is 0. The number of benzene rings is 1. The van der Waals surface area contributed by atoms with Gasteiger partial charge in [-0.3, -0.25) is 4.79 Å². The van der Waals surface area contributed by atoms with E-state index in [1.54, 1.807) is 19.9 Å². The zero-order chi connectivity index (χ0) is 23.4. The standard InChI is InChI=1S/C23H26O9/c1-6-13(24)15-16(25)12-8-9-14(10(3)17(12)29-20(15)26)28-21-19-18(30-22(27)31-19)11(4)23(5,7-2)32-21/h8-9,11,18-19,21,25H,6-7H2,1-5H3/t11?,18?,19?,21?,23-/m0/s1. The third-order valence-corrected chi connectivity index (χ3v) is 6.69. The zero-order valence-electron chi connectivity index (χ0n) is 18.6. The maximum atomic E-state index is 12.4. The summed E-state index contributed by atoms with van der Waals surface area (Å²) in [5.41, 5.74) is -1.38. The molecule has 2 aromatic rings. The van der Waals surface area contributed by atoms with Crippen molar-refractivity contribution in [2.45, 2.75) is 71.6 Å². The highest BCUT2D eigenvalue weighted by Gasteiger charge is 2.57. The van der Waals surface area contributed by atoms with Crippen LogP contribution in [0.3, 0.4) is 0 Å². The molecular formula is C23H26O9. The molecule has 1 N–H and O–H groups in total. The largest absolute Gasteiger partial charge is 0.509 e. The summed E-state index contributed by atoms with van der Waals surface area (Å²) < 4.78 is 28.4. The van der Waals surface area contributed by atoms with Crippen molar-refractivity contribution in [1.82, 2.24) is 0 Å². The van der Waals surface area contributed by atoms with E-state index in [9.17, 15) is 19.5 Å². The summed E-state index contributed by atoms with van der Waals surface area (Å²) in [6.07, 6.45) is -2.31. The Morgan fingerprint density at radius 1 is 1.19 bits per heavy atom. The fourth-order valence-corrected chi connectivity index (χ4v) is 4.31. The van der Waals surface area contributed by atoms with Crippen LogP contribution in [-0.2, 0) is 14.2 Å². The van der Waals surface area contributed by atoms with E-state index >= 15 is 0 Å². The van der Waals surface area contributed by atoms with E-state index in [2.05, 4.69) is 0 Å². The number of carbonyl (C=O) groups excluding carboxylic acids is 2. The smallest absolute Gasteiger partial charge is 0.506 e. The van der Waals surface area contributed by atoms with Gasteiger partial charge < -0.3 is 28.5 Å². The first-order valence-corrected chi connectivity index (χ1v) is 10.7. The molecule has 1 aromatic heterocycles. The van der Waals surface area contributed by atoms with Crippen LogP contribution >= 0.6 is 0 Å². The van der Waals surface area contributed by atoms with Gasteiger partial charge in [-0.05, 0) is 32.4 Å². The van der Waals surface area contributed by atoms with Crippen LogP contribution in [-0.4, -0.2) is 41.1 Å². The molecule has 1 aromatic carbocycles. The Hall–Kier alpha value is -3.07. The number of ketones is 1. The fraction of sp³-hybridized carbons (Fsp3) is 0.522. The summed E-state index contributed by atoms with van der Waals surface area (Å²) in [5, 5.41) is 10.7. The number of carbonyl (C=O) groups is 2. The summed E-state index contributed by atoms with van der Waals surface area (Å²) in [6, 6.07) is 3.08. The Bertz CT molecular complexity index is 1150. The van der Waals surface area contributed by atoms with Gasteiger partial charge in [0.25, 0.3) is 0 Å². The van der Waals surface area contributed by atoms with Crippen LogP contribution in [0, 0.1) is 12.8 Å². The van der Waals surface area contributed by atoms with E-state index in [0.717, 1.165) is 0 Å². The molecule has 2 saturated heterocycles. The second-order valence-electron chi connectivity index (χ2n) is 8.43. The van der Waals surface area contributed by atoms with Crippen molar-refractivity contribution in [3.63, 3.8) is 0 Å². The van der Waals surface area contributed by atoms with Gasteiger partial charge in [0.05, 0.1) is 11.0 Å². The lowest BCUT2D eigenvalue weighted by Gasteiger charge is -2.46. The molecule has 32 heavy (non-hydrogen) atoms. The van der Waals surface area contributed by atoms with Gasteiger partial charge in [-0.1, -0.05) is 20.8 Å². The number of fused-ring (bicyclic) bond motifs is 2. The molecule has 0 spiro atoms. The molecule has 3 heterocycles. The van der Waals surface area contributed by atoms with Crippen molar-refractivity contribution in [1.29, 1.82) is 0 Å². The number of hydrogen-bond acceptors (Lipinski definition) is 9. The summed E-state index contributed by atoms with van der Waals surface area (Å²) in [6.45, 7) is 9.08. The minimum Gasteiger partial charge on any atom is -0.506 e. The van der Waals surface area contributed by atoms with Crippen LogP contribution < -0.4 is 10.4 Å². The van der Waals surface area contributed by atoms with E-state index in [1.165, 1.54) is 6.07 Å². The zero-order valence-corrected chi connectivity index (χ0v) is 18.6. The number of rotatable bonds is 5. The van der Waals surface area contributed by atoms with E-state index in [-0.39, 0.29) is 28.9 Å². The average Bonchev–Trinajstić information content (AvgIpc) is 3.16. The predicted molar refractivity (Wildman–Crippen MR) is 112 cm³/mol. The Morgan fingerprint density at radius 2 is 1.88 bits per heavy atom. The predicted octanol–water partition coefficient (Wildman–Crippen LogP) is 3.84. The maximum absolute atomic E-state index is 12.4. The molecule has 4 unspecified atom stereocenters. The minimum absolute atomic E-state index is 0.0565. The number of ether oxygens (including phenoxy) is 4. The maximum Gasteiger partial charge on any atom is 0.509 e. The Kier molecular flexibility index (Phi) is 5.40. The first kappa shape index (κ1) is 22.1. The molecule has 0 radical (unpaired) electrons. The molecule has 4 rings (SSSR count). The quantitative estimate of drug-likeness (QED) is 0.415. The van der Waals surface area contributed by atoms with Crippen LogP contribution in [0.5, 0.6) is 11.5 Å². The number of aryl methyl sites for hydroxylation is 1. The van der Waals surface area contributed by atoms with Gasteiger partial charge in [0.15, 0.2) is 11.9 Å². The number of Topliss-reactive ketones (excluding diaryl/α,β-unsaturated/α-hetero) is 1. The van der Waals surface area contributed by atoms with Gasteiger partial charge in [0, 0.05) is 17.9 Å². The number of aromatic hydroxyl groups is 1. The topological polar surface area (TPSA) is 122 Å². The van der Waals surface area contributed by atoms with E-state index in [4.69, 9.17) is 23.4 Å². The molecule has 0 bridgehead atoms. The van der Waals surface area contributed by atoms with E-state index < -0.39 is 47.4 Å². The van der Waals surface area contributed by atoms with Gasteiger partial charge in [-0.15, -0.1) is 0 Å². The summed E-state index contributed by atoms with van der Waals surface area (Å²) in [5.74, 6) is -0.730. The minimum atomic E-state index is -0.954. The molecule has 2 fully saturated rings. The first-order chi connectivity index (χ1) is 15.1. The van der Waals surface area contributed by atoms with Crippen LogP contribution in [0.2, 0.25) is 0 Å². The lowest BCUT2D eigenvalue weighted by molar-refractivity contribution is -0.267. The van der Waals surface area contributed by atoms with Crippen molar-refractivity contribution < 1.29 is 38.1 Å². The van der Waals surface area contributed by atoms with Crippen molar-refractivity contribution in [2.24, 2.45) is 5.92 Å². The van der Waals surface area contributed by atoms with Gasteiger partial charge in [0.1, 0.15) is 22.6 Å². The lowest BCUT2D eigenvalue weighted by atomic mass is 9.79. The van der Waals surface area contributed by atoms with Crippen LogP contribution in [0.4, 0.5) is 4.79 Å². The van der Waals surface area contributed by atoms with E-state index in [1.807, 2.05) is 20.8 Å². The molecule has 0 saturated carbocycles. The SMILES string of the molecule is CCC(=O)c1c(O)c2ccc(OC3O[C@@](C)(CC)C(C)C4OC(=O)OC34)c(C)c2oc1=O. The molecule has 0 aliphatic carbocycles. The Labute approximate surface area is 184 Å². The molecule has 172 valence electrons. The van der Waals surface area contributed by atoms with Crippen molar-refractivity contribution in [2.75, 3.05) is 0 Å². The molecule has 2 aliphatic rings. The third-order valence-electron chi connectivity index (χ3n) is 6.69. The highest BCUT2D eigenvalue weighted by atomic mass is 16.8. The second kappa shape index (κ2) is 7.81. The summed E-state index contributed by atoms with van der Waals surface area (Å²) in [7, 11) is 0. The van der Waals surface area contributed by atoms with Gasteiger partial charge in [0.2, 0.25) is 12.4 Å². The monoisotopic (exact) mass is 446 g/mol. The molecule has 2 aliphatic heterocycles. The molecule has 9 heteroatoms. The summed E-state index contributed by atoms with van der Waals surface area (Å²) in [4.78, 5) is 36.2. The fourth-order valence-electron chi connectivity index (χ4n) is 4.31. The van der Waals surface area contributed by atoms with Crippen molar-refractivity contribution >= 4 is 22.9 Å². The van der Waals surface area contributed by atoms with Crippen LogP contribution in [0.15, 0.2) is 21.3 Å². The van der Waals surface area contributed by atoms with Crippen molar-refractivity contribution in [3.8, 4) is 11.5 Å². The first-order valence-electron chi connectivity index (χ1n) is 10.7. The van der Waals surface area contributed by atoms with Gasteiger partial charge in [-0.25, -0.2) is 9.59 Å². The molecule has 0 amide bonds. The van der Waals surface area contributed by atoms with Gasteiger partial charge >= 0.3 is 11.8 Å². The normalized spacial score (nSPS) is 29.3. The van der Waals surface area contributed by atoms with Crippen LogP contribution in [0.1, 0.15) is 56.5 Å².